The maximum absolute atomic E-state index is 10.1. The van der Waals surface area contributed by atoms with Gasteiger partial charge in [0, 0.05) is 4.57 Å². The SMILES string of the molecule is C/C=C\C=C(/C)OCCO[P+](=O)O. The zero-order valence-electron chi connectivity index (χ0n) is 7.77. The van der Waals surface area contributed by atoms with Crippen LogP contribution in [0, 0.1) is 0 Å². The summed E-state index contributed by atoms with van der Waals surface area (Å²) in [6, 6.07) is 0. The van der Waals surface area contributed by atoms with Gasteiger partial charge in [0.2, 0.25) is 0 Å². The average molecular weight is 205 g/mol. The molecular formula is C8H14O4P+. The summed E-state index contributed by atoms with van der Waals surface area (Å²) >= 11 is 0. The minimum atomic E-state index is -2.51. The molecule has 1 atom stereocenters. The molecule has 13 heavy (non-hydrogen) atoms. The molecule has 0 spiro atoms. The van der Waals surface area contributed by atoms with E-state index in [2.05, 4.69) is 4.52 Å². The van der Waals surface area contributed by atoms with Crippen molar-refractivity contribution in [1.82, 2.24) is 0 Å². The number of rotatable bonds is 6. The first kappa shape index (κ1) is 12.3. The van der Waals surface area contributed by atoms with Crippen molar-refractivity contribution in [3.8, 4) is 0 Å². The van der Waals surface area contributed by atoms with Crippen LogP contribution >= 0.6 is 8.25 Å². The summed E-state index contributed by atoms with van der Waals surface area (Å²) in [4.78, 5) is 8.26. The maximum Gasteiger partial charge on any atom is 0.694 e. The van der Waals surface area contributed by atoms with Crippen LogP contribution in [0.5, 0.6) is 0 Å². The van der Waals surface area contributed by atoms with E-state index in [1.807, 2.05) is 19.1 Å². The third kappa shape index (κ3) is 9.21. The second kappa shape index (κ2) is 7.92. The highest BCUT2D eigenvalue weighted by molar-refractivity contribution is 7.32. The van der Waals surface area contributed by atoms with E-state index in [0.29, 0.717) is 0 Å². The van der Waals surface area contributed by atoms with Crippen molar-refractivity contribution in [2.24, 2.45) is 0 Å². The third-order valence-electron chi connectivity index (χ3n) is 1.14. The highest BCUT2D eigenvalue weighted by atomic mass is 31.1. The molecule has 0 saturated heterocycles. The van der Waals surface area contributed by atoms with Gasteiger partial charge in [0.05, 0.1) is 5.76 Å². The number of hydrogen-bond donors (Lipinski definition) is 1. The van der Waals surface area contributed by atoms with Gasteiger partial charge in [-0.1, -0.05) is 12.2 Å². The van der Waals surface area contributed by atoms with Gasteiger partial charge in [-0.25, -0.2) is 0 Å². The van der Waals surface area contributed by atoms with Crippen molar-refractivity contribution in [1.29, 1.82) is 0 Å². The van der Waals surface area contributed by atoms with Crippen LogP contribution in [0.4, 0.5) is 0 Å². The Morgan fingerprint density at radius 2 is 2.23 bits per heavy atom. The van der Waals surface area contributed by atoms with Crippen LogP contribution in [-0.4, -0.2) is 18.1 Å². The molecule has 1 N–H and O–H groups in total. The van der Waals surface area contributed by atoms with Crippen LogP contribution in [-0.2, 0) is 13.8 Å². The highest BCUT2D eigenvalue weighted by Gasteiger charge is 2.10. The fourth-order valence-electron chi connectivity index (χ4n) is 0.598. The zero-order valence-corrected chi connectivity index (χ0v) is 8.66. The van der Waals surface area contributed by atoms with Crippen LogP contribution in [0.3, 0.4) is 0 Å². The molecule has 4 nitrogen and oxygen atoms in total. The molecule has 1 unspecified atom stereocenters. The topological polar surface area (TPSA) is 55.8 Å². The van der Waals surface area contributed by atoms with Crippen molar-refractivity contribution in [2.75, 3.05) is 13.2 Å². The molecule has 0 rings (SSSR count). The fourth-order valence-corrected chi connectivity index (χ4v) is 0.829. The molecule has 74 valence electrons. The number of allylic oxidation sites excluding steroid dienone is 4. The van der Waals surface area contributed by atoms with Crippen LogP contribution in [0.2, 0.25) is 0 Å². The lowest BCUT2D eigenvalue weighted by molar-refractivity contribution is 0.153. The first-order chi connectivity index (χ1) is 6.16. The van der Waals surface area contributed by atoms with Gasteiger partial charge in [-0.15, -0.1) is 9.42 Å². The van der Waals surface area contributed by atoms with E-state index in [-0.39, 0.29) is 13.2 Å². The summed E-state index contributed by atoms with van der Waals surface area (Å²) < 4.78 is 19.6. The maximum atomic E-state index is 10.1. The largest absolute Gasteiger partial charge is 0.694 e. The minimum Gasteiger partial charge on any atom is -0.496 e. The molecular weight excluding hydrogens is 191 g/mol. The zero-order chi connectivity index (χ0) is 10.1. The Hall–Kier alpha value is -0.700. The predicted molar refractivity (Wildman–Crippen MR) is 50.3 cm³/mol. The van der Waals surface area contributed by atoms with Crippen molar-refractivity contribution >= 4 is 8.25 Å². The fraction of sp³-hybridized carbons (Fsp3) is 0.500. The summed E-state index contributed by atoms with van der Waals surface area (Å²) in [5, 5.41) is 0. The Kier molecular flexibility index (Phi) is 7.50. The van der Waals surface area contributed by atoms with E-state index in [1.165, 1.54) is 0 Å². The molecule has 0 aliphatic heterocycles. The second-order valence-corrected chi connectivity index (χ2v) is 2.96. The van der Waals surface area contributed by atoms with Gasteiger partial charge in [-0.2, -0.15) is 0 Å². The van der Waals surface area contributed by atoms with Gasteiger partial charge in [0.1, 0.15) is 13.2 Å². The first-order valence-corrected chi connectivity index (χ1v) is 5.01. The highest BCUT2D eigenvalue weighted by Crippen LogP contribution is 2.13. The van der Waals surface area contributed by atoms with Gasteiger partial charge >= 0.3 is 8.25 Å². The van der Waals surface area contributed by atoms with E-state index in [0.717, 1.165) is 5.76 Å². The molecule has 0 radical (unpaired) electrons. The number of hydrogen-bond acceptors (Lipinski definition) is 3. The molecule has 0 aliphatic rings. The Balaban J connectivity index is 3.47. The monoisotopic (exact) mass is 205 g/mol. The predicted octanol–water partition coefficient (Wildman–Crippen LogP) is 2.15. The van der Waals surface area contributed by atoms with Gasteiger partial charge < -0.3 is 4.74 Å². The molecule has 0 aromatic heterocycles. The van der Waals surface area contributed by atoms with Crippen LogP contribution in [0.1, 0.15) is 13.8 Å². The second-order valence-electron chi connectivity index (χ2n) is 2.22. The van der Waals surface area contributed by atoms with Crippen molar-refractivity contribution in [3.05, 3.63) is 24.0 Å². The Bertz CT molecular complexity index is 210. The van der Waals surface area contributed by atoms with E-state index in [4.69, 9.17) is 9.63 Å². The molecule has 0 saturated carbocycles. The van der Waals surface area contributed by atoms with E-state index >= 15 is 0 Å². The summed E-state index contributed by atoms with van der Waals surface area (Å²) in [6.07, 6.45) is 5.54. The standard InChI is InChI=1S/C8H13O4P/c1-3-4-5-8(2)11-6-7-12-13(9)10/h3-5H,6-7H2,1-2H3/p+1/b4-3-,8-5+. The smallest absolute Gasteiger partial charge is 0.496 e. The van der Waals surface area contributed by atoms with Crippen LogP contribution in [0.15, 0.2) is 24.0 Å². The summed E-state index contributed by atoms with van der Waals surface area (Å²) in [5.41, 5.74) is 0. The van der Waals surface area contributed by atoms with Gasteiger partial charge in [-0.3, -0.25) is 0 Å². The summed E-state index contributed by atoms with van der Waals surface area (Å²) in [7, 11) is -2.51. The van der Waals surface area contributed by atoms with Crippen molar-refractivity contribution < 1.29 is 18.7 Å². The number of ether oxygens (including phenoxy) is 1. The van der Waals surface area contributed by atoms with E-state index < -0.39 is 8.25 Å². The lowest BCUT2D eigenvalue weighted by Gasteiger charge is -2.01. The van der Waals surface area contributed by atoms with Gasteiger partial charge in [0.15, 0.2) is 0 Å². The Morgan fingerprint density at radius 1 is 1.54 bits per heavy atom. The molecule has 0 amide bonds. The molecule has 0 bridgehead atoms. The Morgan fingerprint density at radius 3 is 2.77 bits per heavy atom. The Labute approximate surface area is 78.8 Å². The van der Waals surface area contributed by atoms with Crippen LogP contribution < -0.4 is 0 Å². The van der Waals surface area contributed by atoms with Crippen molar-refractivity contribution in [2.45, 2.75) is 13.8 Å². The summed E-state index contributed by atoms with van der Waals surface area (Å²) in [6.45, 7) is 4.11. The van der Waals surface area contributed by atoms with Gasteiger partial charge in [0.25, 0.3) is 0 Å². The summed E-state index contributed by atoms with van der Waals surface area (Å²) in [5.74, 6) is 0.745. The first-order valence-electron chi connectivity index (χ1n) is 3.88. The average Bonchev–Trinajstić information content (AvgIpc) is 2.08. The molecule has 5 heteroatoms. The lowest BCUT2D eigenvalue weighted by atomic mass is 10.4. The molecule has 0 heterocycles. The van der Waals surface area contributed by atoms with Crippen LogP contribution in [0.25, 0.3) is 0 Å². The molecule has 0 aromatic carbocycles. The molecule has 0 aliphatic carbocycles. The lowest BCUT2D eigenvalue weighted by Crippen LogP contribution is -1.98. The van der Waals surface area contributed by atoms with Crippen molar-refractivity contribution in [3.63, 3.8) is 0 Å². The normalized spacial score (nSPS) is 13.5. The quantitative estimate of drug-likeness (QED) is 0.312. The van der Waals surface area contributed by atoms with E-state index in [9.17, 15) is 4.57 Å². The molecule has 0 aromatic rings. The third-order valence-corrected chi connectivity index (χ3v) is 1.54. The van der Waals surface area contributed by atoms with Gasteiger partial charge in [-0.05, 0) is 19.9 Å². The molecule has 0 fully saturated rings. The van der Waals surface area contributed by atoms with E-state index in [1.54, 1.807) is 13.0 Å². The minimum absolute atomic E-state index is 0.118.